The first-order valence-electron chi connectivity index (χ1n) is 9.58. The van der Waals surface area contributed by atoms with Crippen molar-refractivity contribution in [3.8, 4) is 0 Å². The van der Waals surface area contributed by atoms with Crippen LogP contribution in [-0.4, -0.2) is 25.5 Å². The van der Waals surface area contributed by atoms with Crippen LogP contribution < -0.4 is 15.5 Å². The maximum absolute atomic E-state index is 12.2. The molecular formula is C22H29N3O. The number of anilines is 3. The molecule has 138 valence electrons. The first-order chi connectivity index (χ1) is 12.6. The van der Waals surface area contributed by atoms with Crippen LogP contribution in [0.15, 0.2) is 42.5 Å². The molecule has 1 fully saturated rings. The van der Waals surface area contributed by atoms with Gasteiger partial charge in [-0.15, -0.1) is 0 Å². The minimum atomic E-state index is 0.0365. The Bertz CT molecular complexity index is 713. The van der Waals surface area contributed by atoms with Crippen LogP contribution in [0.5, 0.6) is 0 Å². The Morgan fingerprint density at radius 3 is 2.27 bits per heavy atom. The number of piperidine rings is 1. The Labute approximate surface area is 156 Å². The zero-order chi connectivity index (χ0) is 18.4. The number of nitrogens with one attached hydrogen (secondary N) is 2. The smallest absolute Gasteiger partial charge is 0.226 e. The number of hydrogen-bond donors (Lipinski definition) is 2. The normalized spacial score (nSPS) is 14.2. The zero-order valence-electron chi connectivity index (χ0n) is 15.8. The number of nitrogens with zero attached hydrogens (tertiary/aromatic N) is 1. The molecule has 0 saturated carbocycles. The van der Waals surface area contributed by atoms with Crippen molar-refractivity contribution in [3.63, 3.8) is 0 Å². The summed E-state index contributed by atoms with van der Waals surface area (Å²) in [5, 5.41) is 6.37. The van der Waals surface area contributed by atoms with E-state index in [0.29, 0.717) is 13.0 Å². The van der Waals surface area contributed by atoms with Crippen LogP contribution in [0.25, 0.3) is 0 Å². The summed E-state index contributed by atoms with van der Waals surface area (Å²) in [4.78, 5) is 14.6. The number of carbonyl (C=O) groups is 1. The SMILES string of the molecule is Cc1cccc(C)c1NCCC(=O)Nc1ccc(N2CCCCC2)cc1. The summed E-state index contributed by atoms with van der Waals surface area (Å²) in [6.07, 6.45) is 4.32. The molecule has 0 unspecified atom stereocenters. The summed E-state index contributed by atoms with van der Waals surface area (Å²) < 4.78 is 0. The molecule has 4 nitrogen and oxygen atoms in total. The minimum absolute atomic E-state index is 0.0365. The highest BCUT2D eigenvalue weighted by atomic mass is 16.1. The molecule has 1 aliphatic heterocycles. The number of amides is 1. The first-order valence-corrected chi connectivity index (χ1v) is 9.58. The summed E-state index contributed by atoms with van der Waals surface area (Å²) in [6, 6.07) is 14.4. The quantitative estimate of drug-likeness (QED) is 0.790. The second kappa shape index (κ2) is 8.75. The predicted octanol–water partition coefficient (Wildman–Crippen LogP) is 4.73. The average molecular weight is 351 g/mol. The maximum Gasteiger partial charge on any atom is 0.226 e. The lowest BCUT2D eigenvalue weighted by Crippen LogP contribution is -2.29. The fourth-order valence-electron chi connectivity index (χ4n) is 3.53. The van der Waals surface area contributed by atoms with E-state index in [0.717, 1.165) is 24.5 Å². The molecule has 0 atom stereocenters. The second-order valence-corrected chi connectivity index (χ2v) is 7.09. The van der Waals surface area contributed by atoms with Crippen molar-refractivity contribution in [1.82, 2.24) is 0 Å². The van der Waals surface area contributed by atoms with Gasteiger partial charge in [-0.2, -0.15) is 0 Å². The van der Waals surface area contributed by atoms with E-state index in [2.05, 4.69) is 59.7 Å². The molecule has 0 spiro atoms. The molecule has 2 aromatic carbocycles. The Kier molecular flexibility index (Phi) is 6.16. The van der Waals surface area contributed by atoms with Crippen LogP contribution in [-0.2, 0) is 4.79 Å². The highest BCUT2D eigenvalue weighted by molar-refractivity contribution is 5.91. The van der Waals surface area contributed by atoms with E-state index in [9.17, 15) is 4.79 Å². The summed E-state index contributed by atoms with van der Waals surface area (Å²) >= 11 is 0. The van der Waals surface area contributed by atoms with Crippen LogP contribution in [0.2, 0.25) is 0 Å². The number of hydrogen-bond acceptors (Lipinski definition) is 3. The van der Waals surface area contributed by atoms with Crippen molar-refractivity contribution in [2.24, 2.45) is 0 Å². The number of rotatable bonds is 6. The van der Waals surface area contributed by atoms with Gasteiger partial charge in [0.1, 0.15) is 0 Å². The van der Waals surface area contributed by atoms with E-state index in [1.165, 1.54) is 36.1 Å². The first kappa shape index (κ1) is 18.3. The van der Waals surface area contributed by atoms with Crippen molar-refractivity contribution in [2.75, 3.05) is 35.2 Å². The van der Waals surface area contributed by atoms with Gasteiger partial charge in [0.15, 0.2) is 0 Å². The molecule has 0 radical (unpaired) electrons. The fourth-order valence-corrected chi connectivity index (χ4v) is 3.53. The maximum atomic E-state index is 12.2. The molecule has 2 N–H and O–H groups in total. The third-order valence-electron chi connectivity index (χ3n) is 5.01. The van der Waals surface area contributed by atoms with Gasteiger partial charge in [-0.25, -0.2) is 0 Å². The predicted molar refractivity (Wildman–Crippen MR) is 110 cm³/mol. The van der Waals surface area contributed by atoms with Gasteiger partial charge in [-0.05, 0) is 68.5 Å². The van der Waals surface area contributed by atoms with Crippen LogP contribution >= 0.6 is 0 Å². The van der Waals surface area contributed by atoms with Crippen LogP contribution in [0.1, 0.15) is 36.8 Å². The van der Waals surface area contributed by atoms with Crippen molar-refractivity contribution in [2.45, 2.75) is 39.5 Å². The molecule has 1 aliphatic rings. The molecule has 0 aliphatic carbocycles. The lowest BCUT2D eigenvalue weighted by molar-refractivity contribution is -0.115. The largest absolute Gasteiger partial charge is 0.384 e. The zero-order valence-corrected chi connectivity index (χ0v) is 15.8. The van der Waals surface area contributed by atoms with E-state index in [4.69, 9.17) is 0 Å². The van der Waals surface area contributed by atoms with E-state index >= 15 is 0 Å². The molecule has 4 heteroatoms. The van der Waals surface area contributed by atoms with E-state index in [-0.39, 0.29) is 5.91 Å². The van der Waals surface area contributed by atoms with Crippen LogP contribution in [0.4, 0.5) is 17.1 Å². The van der Waals surface area contributed by atoms with Crippen molar-refractivity contribution in [1.29, 1.82) is 0 Å². The third-order valence-corrected chi connectivity index (χ3v) is 5.01. The lowest BCUT2D eigenvalue weighted by atomic mass is 10.1. The van der Waals surface area contributed by atoms with Crippen molar-refractivity contribution >= 4 is 23.0 Å². The molecule has 26 heavy (non-hydrogen) atoms. The van der Waals surface area contributed by atoms with E-state index in [1.807, 2.05) is 12.1 Å². The summed E-state index contributed by atoms with van der Waals surface area (Å²) in [6.45, 7) is 7.06. The summed E-state index contributed by atoms with van der Waals surface area (Å²) in [5.41, 5.74) is 5.66. The topological polar surface area (TPSA) is 44.4 Å². The Balaban J connectivity index is 1.47. The van der Waals surface area contributed by atoms with Crippen molar-refractivity contribution < 1.29 is 4.79 Å². The number of benzene rings is 2. The summed E-state index contributed by atoms with van der Waals surface area (Å²) in [7, 11) is 0. The van der Waals surface area contributed by atoms with Gasteiger partial charge in [-0.3, -0.25) is 4.79 Å². The molecule has 2 aromatic rings. The highest BCUT2D eigenvalue weighted by Gasteiger charge is 2.11. The molecule has 1 amide bonds. The van der Waals surface area contributed by atoms with Gasteiger partial charge in [0.05, 0.1) is 0 Å². The van der Waals surface area contributed by atoms with Gasteiger partial charge in [0.25, 0.3) is 0 Å². The van der Waals surface area contributed by atoms with Gasteiger partial charge < -0.3 is 15.5 Å². The Morgan fingerprint density at radius 2 is 1.62 bits per heavy atom. The lowest BCUT2D eigenvalue weighted by Gasteiger charge is -2.28. The van der Waals surface area contributed by atoms with Crippen LogP contribution in [0.3, 0.4) is 0 Å². The Hall–Kier alpha value is -2.49. The number of para-hydroxylation sites is 1. The minimum Gasteiger partial charge on any atom is -0.384 e. The van der Waals surface area contributed by atoms with Gasteiger partial charge in [-0.1, -0.05) is 18.2 Å². The molecule has 3 rings (SSSR count). The number of carbonyl (C=O) groups excluding carboxylic acids is 1. The van der Waals surface area contributed by atoms with E-state index < -0.39 is 0 Å². The molecule has 0 bridgehead atoms. The number of aryl methyl sites for hydroxylation is 2. The van der Waals surface area contributed by atoms with Gasteiger partial charge in [0, 0.05) is 43.1 Å². The molecule has 1 saturated heterocycles. The average Bonchev–Trinajstić information content (AvgIpc) is 2.65. The monoisotopic (exact) mass is 351 g/mol. The van der Waals surface area contributed by atoms with Gasteiger partial charge >= 0.3 is 0 Å². The van der Waals surface area contributed by atoms with Crippen LogP contribution in [0, 0.1) is 13.8 Å². The molecule has 1 heterocycles. The second-order valence-electron chi connectivity index (χ2n) is 7.09. The third kappa shape index (κ3) is 4.78. The van der Waals surface area contributed by atoms with Gasteiger partial charge in [0.2, 0.25) is 5.91 Å². The van der Waals surface area contributed by atoms with E-state index in [1.54, 1.807) is 0 Å². The molecule has 0 aromatic heterocycles. The molecular weight excluding hydrogens is 322 g/mol. The summed E-state index contributed by atoms with van der Waals surface area (Å²) in [5.74, 6) is 0.0365. The standard InChI is InChI=1S/C22H29N3O/c1-17-7-6-8-18(2)22(17)23-14-13-21(26)24-19-9-11-20(12-10-19)25-15-4-3-5-16-25/h6-12,23H,3-5,13-16H2,1-2H3,(H,24,26). The Morgan fingerprint density at radius 1 is 0.962 bits per heavy atom. The fraction of sp³-hybridized carbons (Fsp3) is 0.409. The highest BCUT2D eigenvalue weighted by Crippen LogP contribution is 2.22. The van der Waals surface area contributed by atoms with Crippen molar-refractivity contribution in [3.05, 3.63) is 53.6 Å².